The van der Waals surface area contributed by atoms with E-state index in [0.717, 1.165) is 22.8 Å². The molecular formula is C15H18N4OS. The Bertz CT molecular complexity index is 691. The number of anilines is 1. The minimum atomic E-state index is -0.135. The first-order chi connectivity index (χ1) is 10.1. The van der Waals surface area contributed by atoms with Gasteiger partial charge in [-0.2, -0.15) is 0 Å². The van der Waals surface area contributed by atoms with Gasteiger partial charge in [-0.05, 0) is 33.1 Å². The van der Waals surface area contributed by atoms with Crippen LogP contribution in [0.25, 0.3) is 0 Å². The summed E-state index contributed by atoms with van der Waals surface area (Å²) in [6.45, 7) is 5.76. The third-order valence-corrected chi connectivity index (χ3v) is 4.75. The lowest BCUT2D eigenvalue weighted by Gasteiger charge is -2.06. The van der Waals surface area contributed by atoms with E-state index in [-0.39, 0.29) is 5.91 Å². The Hall–Kier alpha value is -1.82. The molecule has 2 heterocycles. The number of aromatic nitrogens is 3. The van der Waals surface area contributed by atoms with Gasteiger partial charge in [0.15, 0.2) is 0 Å². The molecule has 0 atom stereocenters. The van der Waals surface area contributed by atoms with Crippen LogP contribution >= 0.6 is 11.3 Å². The molecule has 2 aromatic rings. The summed E-state index contributed by atoms with van der Waals surface area (Å²) in [6.07, 6.45) is 3.20. The van der Waals surface area contributed by atoms with Gasteiger partial charge in [-0.3, -0.25) is 4.79 Å². The zero-order chi connectivity index (χ0) is 15.0. The molecule has 6 heteroatoms. The van der Waals surface area contributed by atoms with Crippen LogP contribution in [0.5, 0.6) is 0 Å². The van der Waals surface area contributed by atoms with Gasteiger partial charge in [0.1, 0.15) is 16.5 Å². The molecule has 1 saturated carbocycles. The molecule has 1 aliphatic carbocycles. The minimum absolute atomic E-state index is 0.135. The van der Waals surface area contributed by atoms with Gasteiger partial charge in [0.2, 0.25) is 0 Å². The summed E-state index contributed by atoms with van der Waals surface area (Å²) < 4.78 is 0. The van der Waals surface area contributed by atoms with Crippen molar-refractivity contribution < 1.29 is 4.79 Å². The predicted molar refractivity (Wildman–Crippen MR) is 82.9 cm³/mol. The summed E-state index contributed by atoms with van der Waals surface area (Å²) >= 11 is 1.45. The Morgan fingerprint density at radius 1 is 1.33 bits per heavy atom. The second kappa shape index (κ2) is 5.52. The van der Waals surface area contributed by atoms with Gasteiger partial charge in [-0.25, -0.2) is 15.0 Å². The lowest BCUT2D eigenvalue weighted by molar-refractivity contribution is 0.102. The SMILES string of the molecule is CCc1nc(C)c(C(=O)Nc2cc(C3CC3)nc(C)n2)s1. The fraction of sp³-hybridized carbons (Fsp3) is 0.467. The molecule has 5 nitrogen and oxygen atoms in total. The van der Waals surface area contributed by atoms with Gasteiger partial charge in [0.25, 0.3) is 5.91 Å². The molecule has 0 radical (unpaired) electrons. The van der Waals surface area contributed by atoms with Crippen LogP contribution in [0.1, 0.15) is 57.6 Å². The van der Waals surface area contributed by atoms with E-state index in [1.807, 2.05) is 26.8 Å². The number of thiazole rings is 1. The van der Waals surface area contributed by atoms with Gasteiger partial charge in [0.05, 0.1) is 10.7 Å². The number of carbonyl (C=O) groups is 1. The Morgan fingerprint density at radius 3 is 2.71 bits per heavy atom. The normalized spacial score (nSPS) is 14.2. The molecule has 2 aromatic heterocycles. The topological polar surface area (TPSA) is 67.8 Å². The van der Waals surface area contributed by atoms with Crippen molar-refractivity contribution in [2.75, 3.05) is 5.32 Å². The summed E-state index contributed by atoms with van der Waals surface area (Å²) in [5.74, 6) is 1.69. The van der Waals surface area contributed by atoms with Crippen molar-refractivity contribution in [3.05, 3.63) is 33.2 Å². The fourth-order valence-corrected chi connectivity index (χ4v) is 3.13. The molecular weight excluding hydrogens is 284 g/mol. The van der Waals surface area contributed by atoms with E-state index in [2.05, 4.69) is 20.3 Å². The highest BCUT2D eigenvalue weighted by atomic mass is 32.1. The van der Waals surface area contributed by atoms with E-state index >= 15 is 0 Å². The Kier molecular flexibility index (Phi) is 3.71. The second-order valence-corrected chi connectivity index (χ2v) is 6.41. The summed E-state index contributed by atoms with van der Waals surface area (Å²) in [4.78, 5) is 26.2. The Labute approximate surface area is 127 Å². The van der Waals surface area contributed by atoms with Crippen LogP contribution in [-0.4, -0.2) is 20.9 Å². The number of nitrogens with zero attached hydrogens (tertiary/aromatic N) is 3. The first kappa shape index (κ1) is 14.1. The number of amides is 1. The van der Waals surface area contributed by atoms with Crippen molar-refractivity contribution in [3.63, 3.8) is 0 Å². The van der Waals surface area contributed by atoms with Crippen molar-refractivity contribution in [1.29, 1.82) is 0 Å². The highest BCUT2D eigenvalue weighted by Crippen LogP contribution is 2.39. The average molecular weight is 302 g/mol. The third-order valence-electron chi connectivity index (χ3n) is 3.44. The molecule has 110 valence electrons. The number of nitrogens with one attached hydrogen (secondary N) is 1. The number of rotatable bonds is 4. The van der Waals surface area contributed by atoms with Crippen molar-refractivity contribution in [3.8, 4) is 0 Å². The highest BCUT2D eigenvalue weighted by Gasteiger charge is 2.26. The molecule has 0 aromatic carbocycles. The van der Waals surface area contributed by atoms with Crippen LogP contribution < -0.4 is 5.32 Å². The van der Waals surface area contributed by atoms with Crippen LogP contribution in [0.3, 0.4) is 0 Å². The second-order valence-electron chi connectivity index (χ2n) is 5.33. The van der Waals surface area contributed by atoms with E-state index in [4.69, 9.17) is 0 Å². The zero-order valence-corrected chi connectivity index (χ0v) is 13.3. The smallest absolute Gasteiger partial charge is 0.268 e. The van der Waals surface area contributed by atoms with Gasteiger partial charge >= 0.3 is 0 Å². The van der Waals surface area contributed by atoms with Crippen molar-refractivity contribution >= 4 is 23.1 Å². The summed E-state index contributed by atoms with van der Waals surface area (Å²) in [7, 11) is 0. The summed E-state index contributed by atoms with van der Waals surface area (Å²) in [5, 5.41) is 3.86. The maximum atomic E-state index is 12.4. The third kappa shape index (κ3) is 3.10. The van der Waals surface area contributed by atoms with E-state index in [0.29, 0.717) is 22.4 Å². The number of hydrogen-bond acceptors (Lipinski definition) is 5. The number of carbonyl (C=O) groups excluding carboxylic acids is 1. The molecule has 1 amide bonds. The lowest BCUT2D eigenvalue weighted by Crippen LogP contribution is -2.14. The first-order valence-electron chi connectivity index (χ1n) is 7.20. The van der Waals surface area contributed by atoms with Crippen molar-refractivity contribution in [2.45, 2.75) is 46.0 Å². The molecule has 0 aliphatic heterocycles. The van der Waals surface area contributed by atoms with E-state index in [1.165, 1.54) is 24.2 Å². The molecule has 0 unspecified atom stereocenters. The van der Waals surface area contributed by atoms with Gasteiger partial charge in [0, 0.05) is 17.7 Å². The molecule has 1 fully saturated rings. The molecule has 0 bridgehead atoms. The highest BCUT2D eigenvalue weighted by molar-refractivity contribution is 7.13. The van der Waals surface area contributed by atoms with E-state index in [1.54, 1.807) is 0 Å². The van der Waals surface area contributed by atoms with Crippen LogP contribution in [0.4, 0.5) is 5.82 Å². The number of aryl methyl sites for hydroxylation is 3. The van der Waals surface area contributed by atoms with E-state index < -0.39 is 0 Å². The molecule has 1 aliphatic rings. The van der Waals surface area contributed by atoms with Crippen molar-refractivity contribution in [1.82, 2.24) is 15.0 Å². The van der Waals surface area contributed by atoms with Crippen molar-refractivity contribution in [2.24, 2.45) is 0 Å². The van der Waals surface area contributed by atoms with Crippen LogP contribution in [-0.2, 0) is 6.42 Å². The average Bonchev–Trinajstić information content (AvgIpc) is 3.21. The Balaban J connectivity index is 1.82. The minimum Gasteiger partial charge on any atom is -0.306 e. The van der Waals surface area contributed by atoms with Gasteiger partial charge in [-0.15, -0.1) is 11.3 Å². The molecule has 3 rings (SSSR count). The molecule has 1 N–H and O–H groups in total. The standard InChI is InChI=1S/C15H18N4OS/c1-4-13-16-8(2)14(21-13)15(20)19-12-7-11(10-5-6-10)17-9(3)18-12/h7,10H,4-6H2,1-3H3,(H,17,18,19,20). The first-order valence-corrected chi connectivity index (χ1v) is 8.01. The van der Waals surface area contributed by atoms with Gasteiger partial charge in [-0.1, -0.05) is 6.92 Å². The zero-order valence-electron chi connectivity index (χ0n) is 12.4. The molecule has 0 spiro atoms. The van der Waals surface area contributed by atoms with Crippen LogP contribution in [0.2, 0.25) is 0 Å². The van der Waals surface area contributed by atoms with Crippen LogP contribution in [0.15, 0.2) is 6.07 Å². The quantitative estimate of drug-likeness (QED) is 0.941. The molecule has 0 saturated heterocycles. The maximum absolute atomic E-state index is 12.4. The van der Waals surface area contributed by atoms with Gasteiger partial charge < -0.3 is 5.32 Å². The lowest BCUT2D eigenvalue weighted by atomic mass is 10.2. The predicted octanol–water partition coefficient (Wildman–Crippen LogP) is 3.24. The largest absolute Gasteiger partial charge is 0.306 e. The fourth-order valence-electron chi connectivity index (χ4n) is 2.23. The molecule has 21 heavy (non-hydrogen) atoms. The summed E-state index contributed by atoms with van der Waals surface area (Å²) in [5.41, 5.74) is 1.82. The Morgan fingerprint density at radius 2 is 2.10 bits per heavy atom. The summed E-state index contributed by atoms with van der Waals surface area (Å²) in [6, 6.07) is 1.89. The maximum Gasteiger partial charge on any atom is 0.268 e. The monoisotopic (exact) mass is 302 g/mol. The number of hydrogen-bond donors (Lipinski definition) is 1. The van der Waals surface area contributed by atoms with Crippen LogP contribution in [0, 0.1) is 13.8 Å². The van der Waals surface area contributed by atoms with E-state index in [9.17, 15) is 4.79 Å².